The Kier molecular flexibility index (Phi) is 6.00. The van der Waals surface area contributed by atoms with E-state index in [1.807, 2.05) is 12.1 Å². The van der Waals surface area contributed by atoms with Gasteiger partial charge < -0.3 is 19.9 Å². The first-order chi connectivity index (χ1) is 9.23. The molecule has 0 aliphatic carbocycles. The first-order valence-electron chi connectivity index (χ1n) is 5.89. The zero-order chi connectivity index (χ0) is 14.3. The number of nitrogens with one attached hydrogen (secondary N) is 1. The summed E-state index contributed by atoms with van der Waals surface area (Å²) in [5, 5.41) is 3.16. The third kappa shape index (κ3) is 3.31. The molecule has 0 radical (unpaired) electrons. The molecule has 0 aliphatic heterocycles. The van der Waals surface area contributed by atoms with Crippen molar-refractivity contribution in [2.24, 2.45) is 5.73 Å². The van der Waals surface area contributed by atoms with Crippen LogP contribution in [0.4, 0.5) is 0 Å². The molecular weight excluding hydrogens is 244 g/mol. The zero-order valence-corrected chi connectivity index (χ0v) is 11.5. The lowest BCUT2D eigenvalue weighted by molar-refractivity contribution is 0.319. The summed E-state index contributed by atoms with van der Waals surface area (Å²) in [7, 11) is 4.72. The SMILES string of the molecule is C#CCNC(CN)c1ccc(OC)c(OC)c1OC. The molecule has 19 heavy (non-hydrogen) atoms. The molecule has 0 heterocycles. The Morgan fingerprint density at radius 2 is 1.89 bits per heavy atom. The Morgan fingerprint density at radius 1 is 1.21 bits per heavy atom. The Bertz CT molecular complexity index is 455. The third-order valence-electron chi connectivity index (χ3n) is 2.80. The van der Waals surface area contributed by atoms with Crippen molar-refractivity contribution in [3.63, 3.8) is 0 Å². The molecule has 1 atom stereocenters. The molecule has 5 heteroatoms. The zero-order valence-electron chi connectivity index (χ0n) is 11.5. The minimum atomic E-state index is -0.106. The van der Waals surface area contributed by atoms with Crippen LogP contribution in [-0.4, -0.2) is 34.4 Å². The number of nitrogens with two attached hydrogens (primary N) is 1. The average Bonchev–Trinajstić information content (AvgIpc) is 2.46. The number of benzene rings is 1. The molecule has 0 bridgehead atoms. The fourth-order valence-electron chi connectivity index (χ4n) is 1.90. The van der Waals surface area contributed by atoms with E-state index in [1.165, 1.54) is 0 Å². The minimum absolute atomic E-state index is 0.106. The second-order valence-corrected chi connectivity index (χ2v) is 3.80. The maximum Gasteiger partial charge on any atom is 0.203 e. The van der Waals surface area contributed by atoms with Crippen molar-refractivity contribution in [1.29, 1.82) is 0 Å². The summed E-state index contributed by atoms with van der Waals surface area (Å²) >= 11 is 0. The standard InChI is InChI=1S/C14H20N2O3/c1-5-8-16-11(9-15)10-6-7-12(17-2)14(19-4)13(10)18-3/h1,6-7,11,16H,8-9,15H2,2-4H3. The predicted molar refractivity (Wildman–Crippen MR) is 74.7 cm³/mol. The maximum atomic E-state index is 5.77. The topological polar surface area (TPSA) is 65.7 Å². The van der Waals surface area contributed by atoms with Gasteiger partial charge in [-0.25, -0.2) is 0 Å². The van der Waals surface area contributed by atoms with E-state index in [0.29, 0.717) is 30.3 Å². The monoisotopic (exact) mass is 264 g/mol. The Hall–Kier alpha value is -1.90. The second-order valence-electron chi connectivity index (χ2n) is 3.80. The van der Waals surface area contributed by atoms with E-state index in [0.717, 1.165) is 5.56 Å². The highest BCUT2D eigenvalue weighted by atomic mass is 16.5. The number of hydrogen-bond donors (Lipinski definition) is 2. The number of rotatable bonds is 7. The van der Waals surface area contributed by atoms with Gasteiger partial charge >= 0.3 is 0 Å². The van der Waals surface area contributed by atoms with E-state index in [1.54, 1.807) is 21.3 Å². The molecule has 0 saturated heterocycles. The van der Waals surface area contributed by atoms with Crippen molar-refractivity contribution in [3.05, 3.63) is 17.7 Å². The maximum absolute atomic E-state index is 5.77. The highest BCUT2D eigenvalue weighted by Crippen LogP contribution is 2.41. The number of methoxy groups -OCH3 is 3. The summed E-state index contributed by atoms with van der Waals surface area (Å²) < 4.78 is 16.0. The minimum Gasteiger partial charge on any atom is -0.493 e. The van der Waals surface area contributed by atoms with E-state index in [-0.39, 0.29) is 6.04 Å². The van der Waals surface area contributed by atoms with Crippen LogP contribution in [0.1, 0.15) is 11.6 Å². The lowest BCUT2D eigenvalue weighted by Gasteiger charge is -2.21. The molecule has 5 nitrogen and oxygen atoms in total. The van der Waals surface area contributed by atoms with Crippen molar-refractivity contribution in [2.45, 2.75) is 6.04 Å². The van der Waals surface area contributed by atoms with Gasteiger partial charge in [-0.05, 0) is 12.1 Å². The van der Waals surface area contributed by atoms with Gasteiger partial charge in [0, 0.05) is 18.2 Å². The van der Waals surface area contributed by atoms with Gasteiger partial charge in [0.05, 0.1) is 27.9 Å². The van der Waals surface area contributed by atoms with E-state index in [2.05, 4.69) is 11.2 Å². The normalized spacial score (nSPS) is 11.5. The fourth-order valence-corrected chi connectivity index (χ4v) is 1.90. The molecule has 1 unspecified atom stereocenters. The lowest BCUT2D eigenvalue weighted by Crippen LogP contribution is -2.29. The molecule has 0 spiro atoms. The summed E-state index contributed by atoms with van der Waals surface area (Å²) in [6.07, 6.45) is 5.25. The van der Waals surface area contributed by atoms with Crippen LogP contribution in [0.15, 0.2) is 12.1 Å². The molecule has 0 aromatic heterocycles. The van der Waals surface area contributed by atoms with Gasteiger partial charge in [-0.2, -0.15) is 0 Å². The molecular formula is C14H20N2O3. The average molecular weight is 264 g/mol. The number of ether oxygens (including phenoxy) is 3. The Labute approximate surface area is 114 Å². The highest BCUT2D eigenvalue weighted by molar-refractivity contribution is 5.56. The predicted octanol–water partition coefficient (Wildman–Crippen LogP) is 0.935. The molecule has 1 aromatic rings. The van der Waals surface area contributed by atoms with Crippen molar-refractivity contribution >= 4 is 0 Å². The van der Waals surface area contributed by atoms with Gasteiger partial charge in [0.25, 0.3) is 0 Å². The van der Waals surface area contributed by atoms with E-state index >= 15 is 0 Å². The molecule has 0 saturated carbocycles. The number of terminal acetylenes is 1. The van der Waals surface area contributed by atoms with Crippen LogP contribution in [0.2, 0.25) is 0 Å². The van der Waals surface area contributed by atoms with Gasteiger partial charge in [0.1, 0.15) is 0 Å². The van der Waals surface area contributed by atoms with Crippen LogP contribution in [0.5, 0.6) is 17.2 Å². The van der Waals surface area contributed by atoms with Crippen molar-refractivity contribution in [1.82, 2.24) is 5.32 Å². The van der Waals surface area contributed by atoms with Gasteiger partial charge in [0.15, 0.2) is 11.5 Å². The lowest BCUT2D eigenvalue weighted by atomic mass is 10.0. The summed E-state index contributed by atoms with van der Waals surface area (Å²) in [5.41, 5.74) is 6.66. The van der Waals surface area contributed by atoms with Crippen molar-refractivity contribution in [2.75, 3.05) is 34.4 Å². The molecule has 3 N–H and O–H groups in total. The first kappa shape index (κ1) is 15.2. The van der Waals surface area contributed by atoms with Crippen LogP contribution >= 0.6 is 0 Å². The highest BCUT2D eigenvalue weighted by Gasteiger charge is 2.20. The van der Waals surface area contributed by atoms with Crippen LogP contribution in [0.3, 0.4) is 0 Å². The molecule has 0 fully saturated rings. The Balaban J connectivity index is 3.22. The third-order valence-corrected chi connectivity index (χ3v) is 2.80. The summed E-state index contributed by atoms with van der Waals surface area (Å²) in [6.45, 7) is 0.826. The van der Waals surface area contributed by atoms with Gasteiger partial charge in [-0.1, -0.05) is 5.92 Å². The molecule has 0 amide bonds. The van der Waals surface area contributed by atoms with Crippen LogP contribution in [0, 0.1) is 12.3 Å². The van der Waals surface area contributed by atoms with Crippen LogP contribution < -0.4 is 25.3 Å². The smallest absolute Gasteiger partial charge is 0.203 e. The molecule has 1 rings (SSSR count). The van der Waals surface area contributed by atoms with Crippen molar-refractivity contribution in [3.8, 4) is 29.6 Å². The van der Waals surface area contributed by atoms with E-state index in [4.69, 9.17) is 26.4 Å². The summed E-state index contributed by atoms with van der Waals surface area (Å²) in [4.78, 5) is 0. The van der Waals surface area contributed by atoms with Gasteiger partial charge in [-0.15, -0.1) is 6.42 Å². The molecule has 0 aliphatic rings. The first-order valence-corrected chi connectivity index (χ1v) is 5.89. The Morgan fingerprint density at radius 3 is 2.37 bits per heavy atom. The fraction of sp³-hybridized carbons (Fsp3) is 0.429. The quantitative estimate of drug-likeness (QED) is 0.717. The van der Waals surface area contributed by atoms with Crippen LogP contribution in [-0.2, 0) is 0 Å². The number of hydrogen-bond acceptors (Lipinski definition) is 5. The van der Waals surface area contributed by atoms with E-state index in [9.17, 15) is 0 Å². The second kappa shape index (κ2) is 7.52. The van der Waals surface area contributed by atoms with Crippen molar-refractivity contribution < 1.29 is 14.2 Å². The van der Waals surface area contributed by atoms with Crippen LogP contribution in [0.25, 0.3) is 0 Å². The van der Waals surface area contributed by atoms with Gasteiger partial charge in [0.2, 0.25) is 5.75 Å². The van der Waals surface area contributed by atoms with Gasteiger partial charge in [-0.3, -0.25) is 5.32 Å². The summed E-state index contributed by atoms with van der Waals surface area (Å²) in [5.74, 6) is 4.28. The van der Waals surface area contributed by atoms with E-state index < -0.39 is 0 Å². The molecule has 1 aromatic carbocycles. The summed E-state index contributed by atoms with van der Waals surface area (Å²) in [6, 6.07) is 3.60. The molecule has 104 valence electrons. The largest absolute Gasteiger partial charge is 0.493 e.